The second-order valence-corrected chi connectivity index (χ2v) is 31.3. The molecule has 0 saturated heterocycles. The molecule has 16 aromatic carbocycles. The average molecular weight is 1930 g/mol. The van der Waals surface area contributed by atoms with Gasteiger partial charge >= 0.3 is 0 Å². The fraction of sp³-hybridized carbons (Fsp3) is 0.0472. The Balaban J connectivity index is 0.000000154. The number of phenolic OH excluding ortho intramolecular Hbond substituents is 5. The van der Waals surface area contributed by atoms with Crippen molar-refractivity contribution in [1.82, 2.24) is 27.1 Å². The largest absolute Gasteiger partial charge is 0.506 e. The molecular weight excluding hydrogens is 1840 g/mol. The van der Waals surface area contributed by atoms with Gasteiger partial charge in [0, 0.05) is 77.2 Å². The molecule has 26 nitrogen and oxygen atoms in total. The first kappa shape index (κ1) is 99.0. The van der Waals surface area contributed by atoms with E-state index in [4.69, 9.17) is 89.1 Å². The third-order valence-electron chi connectivity index (χ3n) is 20.0. The zero-order valence-corrected chi connectivity index (χ0v) is 76.2. The van der Waals surface area contributed by atoms with E-state index in [2.05, 4.69) is 78.1 Å². The number of rotatable bonds is 26. The Kier molecular flexibility index (Phi) is 35.3. The first-order valence-electron chi connectivity index (χ1n) is 41.4. The summed E-state index contributed by atoms with van der Waals surface area (Å²) in [4.78, 5) is 71.7. The predicted molar refractivity (Wildman–Crippen MR) is 541 cm³/mol. The standard InChI is InChI=1S/C25H19ClN2O3.C21H17ClN2O3.C21H15ClN2O3.C20H16ClN3O4.C19H15ClN2O2/c26-22-14-18(10-12-23(22)29)25(30)28-27-15-19-11-13-24(21-9-5-4-8-20(19)21)31-16-17-6-2-1-3-7-17;2*1-2-11-27-20-10-8-15(16-5-3-4-6-17(16)20)13-23-24-21(26)14-7-9-19(25)18(22)12-14;21-16-9-12(5-7-17(16)25)20(27)24-23-10-13-6-8-18(28-11-19(22)26)15-4-2-1-3-14(13)15;1-12-6-7-14(16-5-3-2-4-15(12)16)11-21-22-19(24)13-8-9-18(23)17(20)10-13/h1-15,29H,16H2,(H,28,30);2-10,12-13,25H,1,11H2,(H,24,26);1,3-10,12-13,25H,11H2,(H,24,26);1-10,25H,11H2,(H2,22,26)(H,24,27);2-11,23H,1H3,(H,22,24)/b27-15+;2*23-13+;23-10+;21-11+. The number of nitrogens with two attached hydrogens (primary N) is 1. The summed E-state index contributed by atoms with van der Waals surface area (Å²) in [5.41, 5.74) is 25.3. The Morgan fingerprint density at radius 1 is 0.336 bits per heavy atom. The molecule has 31 heteroatoms. The van der Waals surface area contributed by atoms with Crippen LogP contribution >= 0.6 is 58.0 Å². The van der Waals surface area contributed by atoms with Gasteiger partial charge < -0.3 is 50.2 Å². The lowest BCUT2D eigenvalue weighted by Crippen LogP contribution is -2.20. The fourth-order valence-electron chi connectivity index (χ4n) is 13.2. The maximum Gasteiger partial charge on any atom is 0.271 e. The molecule has 0 bridgehead atoms. The van der Waals surface area contributed by atoms with E-state index in [-0.39, 0.29) is 78.2 Å². The number of halogens is 5. The van der Waals surface area contributed by atoms with Crippen molar-refractivity contribution < 1.29 is 73.2 Å². The second-order valence-electron chi connectivity index (χ2n) is 29.3. The molecule has 0 atom stereocenters. The number of benzene rings is 16. The molecule has 686 valence electrons. The maximum absolute atomic E-state index is 12.3. The Morgan fingerprint density at radius 3 is 0.876 bits per heavy atom. The lowest BCUT2D eigenvalue weighted by molar-refractivity contribution is -0.119. The number of ether oxygens (including phenoxy) is 4. The van der Waals surface area contributed by atoms with Gasteiger partial charge in [0.25, 0.3) is 35.4 Å². The molecule has 0 aromatic heterocycles. The van der Waals surface area contributed by atoms with Crippen LogP contribution in [-0.2, 0) is 11.4 Å². The number of nitrogens with zero attached hydrogens (tertiary/aromatic N) is 5. The van der Waals surface area contributed by atoms with Crippen LogP contribution in [0.3, 0.4) is 0 Å². The van der Waals surface area contributed by atoms with Gasteiger partial charge in [0.05, 0.1) is 56.2 Å². The highest BCUT2D eigenvalue weighted by atomic mass is 35.5. The van der Waals surface area contributed by atoms with Crippen LogP contribution < -0.4 is 51.8 Å². The molecule has 16 rings (SSSR count). The smallest absolute Gasteiger partial charge is 0.271 e. The number of hydrazone groups is 5. The molecule has 16 aromatic rings. The summed E-state index contributed by atoms with van der Waals surface area (Å²) in [7, 11) is 0. The molecule has 0 heterocycles. The van der Waals surface area contributed by atoms with Crippen molar-refractivity contribution in [3.8, 4) is 64.1 Å². The molecule has 0 saturated carbocycles. The zero-order valence-electron chi connectivity index (χ0n) is 72.5. The zero-order chi connectivity index (χ0) is 97.3. The van der Waals surface area contributed by atoms with Gasteiger partial charge in [0.2, 0.25) is 0 Å². The molecule has 137 heavy (non-hydrogen) atoms. The van der Waals surface area contributed by atoms with E-state index < -0.39 is 35.4 Å². The van der Waals surface area contributed by atoms with Crippen molar-refractivity contribution in [2.45, 2.75) is 13.5 Å². The molecule has 12 N–H and O–H groups in total. The molecule has 6 amide bonds. The number of primary amides is 1. The average Bonchev–Trinajstić information content (AvgIpc) is 0.826. The quantitative estimate of drug-likeness (QED) is 0.0104. The van der Waals surface area contributed by atoms with E-state index >= 15 is 0 Å². The van der Waals surface area contributed by atoms with E-state index in [1.54, 1.807) is 43.1 Å². The molecule has 0 spiro atoms. The van der Waals surface area contributed by atoms with Crippen LogP contribution in [0.25, 0.3) is 53.9 Å². The number of hydrogen-bond acceptors (Lipinski definition) is 20. The molecule has 0 aliphatic rings. The van der Waals surface area contributed by atoms with Gasteiger partial charge in [-0.3, -0.25) is 28.8 Å². The summed E-state index contributed by atoms with van der Waals surface area (Å²) in [6, 6.07) is 88.3. The lowest BCUT2D eigenvalue weighted by Gasteiger charge is -2.11. The minimum Gasteiger partial charge on any atom is -0.506 e. The highest BCUT2D eigenvalue weighted by molar-refractivity contribution is 6.34. The van der Waals surface area contributed by atoms with Crippen LogP contribution in [0.4, 0.5) is 0 Å². The van der Waals surface area contributed by atoms with Crippen molar-refractivity contribution >= 4 is 178 Å². The van der Waals surface area contributed by atoms with E-state index in [1.807, 2.05) is 194 Å². The number of fused-ring (bicyclic) bond motifs is 5. The first-order chi connectivity index (χ1) is 66.3. The number of carbonyl (C=O) groups excluding carboxylic acids is 6. The van der Waals surface area contributed by atoms with Gasteiger partial charge in [-0.15, -0.1) is 6.42 Å². The number of phenols is 5. The second kappa shape index (κ2) is 48.9. The van der Waals surface area contributed by atoms with Crippen LogP contribution in [0.2, 0.25) is 25.1 Å². The molecule has 0 fully saturated rings. The molecule has 0 unspecified atom stereocenters. The fourth-order valence-corrected chi connectivity index (χ4v) is 14.1. The molecular formula is C106H82Cl5N11O15. The summed E-state index contributed by atoms with van der Waals surface area (Å²) in [6.45, 7) is 6.57. The van der Waals surface area contributed by atoms with Crippen molar-refractivity contribution in [3.05, 3.63) is 408 Å². The molecule has 0 aliphatic carbocycles. The van der Waals surface area contributed by atoms with Crippen molar-refractivity contribution in [3.63, 3.8) is 0 Å². The van der Waals surface area contributed by atoms with Crippen LogP contribution in [0.15, 0.2) is 341 Å². The summed E-state index contributed by atoms with van der Waals surface area (Å²) in [6.07, 6.45) is 14.8. The minimum absolute atomic E-state index is 0.0668. The van der Waals surface area contributed by atoms with Gasteiger partial charge in [-0.2, -0.15) is 25.5 Å². The third-order valence-corrected chi connectivity index (χ3v) is 21.5. The van der Waals surface area contributed by atoms with E-state index in [1.165, 1.54) is 103 Å². The van der Waals surface area contributed by atoms with Crippen molar-refractivity contribution in [2.24, 2.45) is 31.2 Å². The van der Waals surface area contributed by atoms with Gasteiger partial charge in [0.1, 0.15) is 71.6 Å². The Labute approximate surface area is 809 Å². The normalized spacial score (nSPS) is 10.9. The number of hydrogen-bond donors (Lipinski definition) is 11. The predicted octanol–water partition coefficient (Wildman–Crippen LogP) is 21.1. The Morgan fingerprint density at radius 2 is 0.591 bits per heavy atom. The number of terminal acetylenes is 1. The SMILES string of the molecule is C#CCOc1ccc(/C=N/NC(=O)c2ccc(O)c(Cl)c2)c2ccccc12.C=CCOc1ccc(/C=N/NC(=O)c2ccc(O)c(Cl)c2)c2ccccc12.Cc1ccc(/C=N/NC(=O)c2ccc(O)c(Cl)c2)c2ccccc12.NC(=O)COc1ccc(/C=N/NC(=O)c2ccc(O)c(Cl)c2)c2ccccc12.O=C(N/N=C/c1ccc(OCc2ccccc2)c2ccccc12)c1ccc(O)c(Cl)c1. The highest BCUT2D eigenvalue weighted by Gasteiger charge is 2.17. The third kappa shape index (κ3) is 27.3. The number of amides is 6. The maximum atomic E-state index is 12.3. The van der Waals surface area contributed by atoms with Crippen molar-refractivity contribution in [1.29, 1.82) is 0 Å². The monoisotopic (exact) mass is 1920 g/mol. The van der Waals surface area contributed by atoms with Crippen molar-refractivity contribution in [2.75, 3.05) is 19.8 Å². The Hall–Kier alpha value is -17.1. The van der Waals surface area contributed by atoms with E-state index in [9.17, 15) is 54.3 Å². The van der Waals surface area contributed by atoms with Gasteiger partial charge in [-0.05, 0) is 190 Å². The van der Waals surface area contributed by atoms with E-state index in [0.29, 0.717) is 41.4 Å². The topological polar surface area (TPSA) is 388 Å². The van der Waals surface area contributed by atoms with E-state index in [0.717, 1.165) is 98.7 Å². The summed E-state index contributed by atoms with van der Waals surface area (Å²) < 4.78 is 22.7. The van der Waals surface area contributed by atoms with Crippen LogP contribution in [0.1, 0.15) is 90.7 Å². The first-order valence-corrected chi connectivity index (χ1v) is 43.2. The van der Waals surface area contributed by atoms with Gasteiger partial charge in [-0.1, -0.05) is 240 Å². The number of aryl methyl sites for hydroxylation is 1. The summed E-state index contributed by atoms with van der Waals surface area (Å²) in [5, 5.41) is 77.2. The number of carbonyl (C=O) groups is 6. The van der Waals surface area contributed by atoms with Crippen LogP contribution in [0, 0.1) is 19.3 Å². The van der Waals surface area contributed by atoms with Gasteiger partial charge in [0.15, 0.2) is 6.61 Å². The number of aromatic hydroxyl groups is 5. The van der Waals surface area contributed by atoms with Crippen LogP contribution in [-0.4, -0.2) is 112 Å². The minimum atomic E-state index is -0.563. The summed E-state index contributed by atoms with van der Waals surface area (Å²) >= 11 is 29.1. The molecule has 0 aliphatic heterocycles. The summed E-state index contributed by atoms with van der Waals surface area (Å²) in [5.74, 6) is 2.04. The molecule has 0 radical (unpaired) electrons. The Bertz CT molecular complexity index is 7400. The van der Waals surface area contributed by atoms with Crippen LogP contribution in [0.5, 0.6) is 51.7 Å². The van der Waals surface area contributed by atoms with Gasteiger partial charge in [-0.25, -0.2) is 27.1 Å². The lowest BCUT2D eigenvalue weighted by atomic mass is 10.0. The highest BCUT2D eigenvalue weighted by Crippen LogP contribution is 2.35. The number of nitrogens with one attached hydrogen (secondary N) is 5.